The average molecular weight is 254 g/mol. The van der Waals surface area contributed by atoms with Gasteiger partial charge in [-0.25, -0.2) is 4.79 Å². The number of carbonyl (C=O) groups is 3. The van der Waals surface area contributed by atoms with Gasteiger partial charge in [0.1, 0.15) is 5.60 Å². The van der Waals surface area contributed by atoms with Gasteiger partial charge >= 0.3 is 6.09 Å². The lowest BCUT2D eigenvalue weighted by Crippen LogP contribution is -2.33. The van der Waals surface area contributed by atoms with E-state index in [1.807, 2.05) is 0 Å². The van der Waals surface area contributed by atoms with E-state index in [1.54, 1.807) is 20.8 Å². The van der Waals surface area contributed by atoms with Gasteiger partial charge in [-0.1, -0.05) is 0 Å². The van der Waals surface area contributed by atoms with Crippen molar-refractivity contribution in [3.8, 4) is 0 Å². The number of hydrogen-bond donors (Lipinski definition) is 2. The van der Waals surface area contributed by atoms with E-state index in [-0.39, 0.29) is 11.8 Å². The van der Waals surface area contributed by atoms with Crippen LogP contribution in [0.4, 0.5) is 4.79 Å². The lowest BCUT2D eigenvalue weighted by atomic mass is 10.1. The predicted octanol–water partition coefficient (Wildman–Crippen LogP) is 0.874. The molecule has 3 amide bonds. The third-order valence-corrected chi connectivity index (χ3v) is 2.12. The van der Waals surface area contributed by atoms with Crippen LogP contribution in [0.3, 0.4) is 0 Å². The average Bonchev–Trinajstić information content (AvgIpc) is 2.49. The van der Waals surface area contributed by atoms with Gasteiger partial charge in [0.2, 0.25) is 0 Å². The van der Waals surface area contributed by atoms with Crippen molar-refractivity contribution in [2.45, 2.75) is 39.2 Å². The third kappa shape index (κ3) is 4.99. The van der Waals surface area contributed by atoms with Crippen LogP contribution in [0.25, 0.3) is 0 Å². The summed E-state index contributed by atoms with van der Waals surface area (Å²) < 4.78 is 5.05. The summed E-state index contributed by atoms with van der Waals surface area (Å²) in [6.45, 7) is 5.75. The molecule has 0 aromatic rings. The minimum absolute atomic E-state index is 0.350. The number of ether oxygens (including phenoxy) is 1. The van der Waals surface area contributed by atoms with Gasteiger partial charge in [-0.05, 0) is 33.6 Å². The Morgan fingerprint density at radius 3 is 2.56 bits per heavy atom. The predicted molar refractivity (Wildman–Crippen MR) is 64.7 cm³/mol. The Labute approximate surface area is 106 Å². The minimum Gasteiger partial charge on any atom is -0.444 e. The number of rotatable bonds is 4. The maximum Gasteiger partial charge on any atom is 0.407 e. The molecule has 6 nitrogen and oxygen atoms in total. The first-order valence-corrected chi connectivity index (χ1v) is 5.81. The first-order valence-electron chi connectivity index (χ1n) is 5.81. The van der Waals surface area contributed by atoms with Gasteiger partial charge in [-0.2, -0.15) is 0 Å². The van der Waals surface area contributed by atoms with E-state index in [9.17, 15) is 14.4 Å². The Balaban J connectivity index is 2.20. The van der Waals surface area contributed by atoms with E-state index in [4.69, 9.17) is 4.74 Å². The van der Waals surface area contributed by atoms with Gasteiger partial charge in [0, 0.05) is 18.2 Å². The minimum atomic E-state index is -0.523. The molecule has 18 heavy (non-hydrogen) atoms. The number of imide groups is 1. The fourth-order valence-corrected chi connectivity index (χ4v) is 1.42. The van der Waals surface area contributed by atoms with Crippen molar-refractivity contribution in [3.63, 3.8) is 0 Å². The van der Waals surface area contributed by atoms with Crippen molar-refractivity contribution >= 4 is 17.9 Å². The summed E-state index contributed by atoms with van der Waals surface area (Å²) in [5, 5.41) is 4.75. The van der Waals surface area contributed by atoms with Crippen LogP contribution in [0.15, 0.2) is 11.6 Å². The lowest BCUT2D eigenvalue weighted by molar-refractivity contribution is -0.123. The maximum absolute atomic E-state index is 11.3. The highest BCUT2D eigenvalue weighted by Crippen LogP contribution is 2.10. The molecule has 0 aliphatic carbocycles. The van der Waals surface area contributed by atoms with Crippen LogP contribution in [0.1, 0.15) is 33.6 Å². The van der Waals surface area contributed by atoms with Crippen molar-refractivity contribution < 1.29 is 19.1 Å². The zero-order valence-corrected chi connectivity index (χ0v) is 10.8. The SMILES string of the molecule is CC(C)(C)OC(=O)NCCCC1=CC(=O)NC1=O. The number of alkyl carbamates (subject to hydrolysis) is 1. The van der Waals surface area contributed by atoms with Gasteiger partial charge in [-0.3, -0.25) is 14.9 Å². The van der Waals surface area contributed by atoms with Crippen LogP contribution in [0.2, 0.25) is 0 Å². The summed E-state index contributed by atoms with van der Waals surface area (Å²) in [5.41, 5.74) is -0.0735. The molecule has 1 rings (SSSR count). The molecule has 1 heterocycles. The van der Waals surface area contributed by atoms with Gasteiger partial charge in [0.05, 0.1) is 0 Å². The molecule has 0 spiro atoms. The van der Waals surface area contributed by atoms with Crippen molar-refractivity contribution in [2.75, 3.05) is 6.54 Å². The molecule has 0 saturated carbocycles. The largest absolute Gasteiger partial charge is 0.444 e. The molecule has 0 radical (unpaired) electrons. The van der Waals surface area contributed by atoms with Crippen molar-refractivity contribution in [1.29, 1.82) is 0 Å². The Hall–Kier alpha value is -1.85. The van der Waals surface area contributed by atoms with Gasteiger partial charge in [0.25, 0.3) is 11.8 Å². The fraction of sp³-hybridized carbons (Fsp3) is 0.583. The second-order valence-electron chi connectivity index (χ2n) is 5.02. The quantitative estimate of drug-likeness (QED) is 0.576. The topological polar surface area (TPSA) is 84.5 Å². The number of hydrogen-bond acceptors (Lipinski definition) is 4. The Kier molecular flexibility index (Phi) is 4.47. The van der Waals surface area contributed by atoms with Gasteiger partial charge in [-0.15, -0.1) is 0 Å². The Bertz CT molecular complexity index is 393. The summed E-state index contributed by atoms with van der Waals surface area (Å²) in [6.07, 6.45) is 1.83. The zero-order chi connectivity index (χ0) is 13.8. The van der Waals surface area contributed by atoms with Crippen LogP contribution in [0, 0.1) is 0 Å². The summed E-state index contributed by atoms with van der Waals surface area (Å²) >= 11 is 0. The molecule has 2 N–H and O–H groups in total. The maximum atomic E-state index is 11.3. The highest BCUT2D eigenvalue weighted by molar-refractivity contribution is 6.16. The molecule has 100 valence electrons. The van der Waals surface area contributed by atoms with E-state index in [2.05, 4.69) is 10.6 Å². The van der Waals surface area contributed by atoms with E-state index in [0.717, 1.165) is 0 Å². The molecule has 0 atom stereocenters. The van der Waals surface area contributed by atoms with Crippen LogP contribution in [-0.2, 0) is 14.3 Å². The smallest absolute Gasteiger partial charge is 0.407 e. The van der Waals surface area contributed by atoms with Gasteiger partial charge in [0.15, 0.2) is 0 Å². The molecule has 0 aromatic heterocycles. The van der Waals surface area contributed by atoms with E-state index in [0.29, 0.717) is 25.0 Å². The molecule has 0 unspecified atom stereocenters. The second kappa shape index (κ2) is 5.66. The number of nitrogens with one attached hydrogen (secondary N) is 2. The zero-order valence-electron chi connectivity index (χ0n) is 10.8. The van der Waals surface area contributed by atoms with E-state index in [1.165, 1.54) is 6.08 Å². The normalized spacial score (nSPS) is 15.2. The second-order valence-corrected chi connectivity index (χ2v) is 5.02. The van der Waals surface area contributed by atoms with Crippen molar-refractivity contribution in [2.24, 2.45) is 0 Å². The van der Waals surface area contributed by atoms with Crippen molar-refractivity contribution in [3.05, 3.63) is 11.6 Å². The number of carbonyl (C=O) groups excluding carboxylic acids is 3. The first kappa shape index (κ1) is 14.2. The monoisotopic (exact) mass is 254 g/mol. The first-order chi connectivity index (χ1) is 8.28. The van der Waals surface area contributed by atoms with Crippen LogP contribution >= 0.6 is 0 Å². The molecule has 6 heteroatoms. The lowest BCUT2D eigenvalue weighted by Gasteiger charge is -2.19. The molecule has 0 aromatic carbocycles. The van der Waals surface area contributed by atoms with Crippen LogP contribution < -0.4 is 10.6 Å². The molecule has 0 fully saturated rings. The highest BCUT2D eigenvalue weighted by Gasteiger charge is 2.20. The Morgan fingerprint density at radius 2 is 2.06 bits per heavy atom. The third-order valence-electron chi connectivity index (χ3n) is 2.12. The molecular weight excluding hydrogens is 236 g/mol. The summed E-state index contributed by atoms with van der Waals surface area (Å²) in [5.74, 6) is -0.729. The molecule has 1 aliphatic heterocycles. The fourth-order valence-electron chi connectivity index (χ4n) is 1.42. The van der Waals surface area contributed by atoms with Crippen molar-refractivity contribution in [1.82, 2.24) is 10.6 Å². The molecule has 0 saturated heterocycles. The molecule has 1 aliphatic rings. The summed E-state index contributed by atoms with van der Waals surface area (Å²) in [7, 11) is 0. The summed E-state index contributed by atoms with van der Waals surface area (Å²) in [4.78, 5) is 33.3. The molecule has 0 bridgehead atoms. The summed E-state index contributed by atoms with van der Waals surface area (Å²) in [6, 6.07) is 0. The van der Waals surface area contributed by atoms with Crippen LogP contribution in [0.5, 0.6) is 0 Å². The molecular formula is C12H18N2O4. The Morgan fingerprint density at radius 1 is 1.39 bits per heavy atom. The highest BCUT2D eigenvalue weighted by atomic mass is 16.6. The van der Waals surface area contributed by atoms with E-state index >= 15 is 0 Å². The van der Waals surface area contributed by atoms with Gasteiger partial charge < -0.3 is 10.1 Å². The van der Waals surface area contributed by atoms with E-state index < -0.39 is 11.7 Å². The number of amides is 3. The standard InChI is InChI=1S/C12H18N2O4/c1-12(2,3)18-11(17)13-6-4-5-8-7-9(15)14-10(8)16/h7H,4-6H2,1-3H3,(H,13,17)(H,14,15,16). The van der Waals surface area contributed by atoms with Crippen LogP contribution in [-0.4, -0.2) is 30.1 Å².